The highest BCUT2D eigenvalue weighted by Gasteiger charge is 2.08. The van der Waals surface area contributed by atoms with Crippen molar-refractivity contribution in [3.05, 3.63) is 35.8 Å². The monoisotopic (exact) mass is 262 g/mol. The molecule has 0 fully saturated rings. The van der Waals surface area contributed by atoms with Gasteiger partial charge in [-0.15, -0.1) is 0 Å². The van der Waals surface area contributed by atoms with Gasteiger partial charge in [-0.05, 0) is 24.1 Å². The Morgan fingerprint density at radius 1 is 1.37 bits per heavy atom. The minimum Gasteiger partial charge on any atom is -0.370 e. The number of hydrogen-bond donors (Lipinski definition) is 6. The van der Waals surface area contributed by atoms with Gasteiger partial charge in [0, 0.05) is 23.6 Å². The van der Waals surface area contributed by atoms with E-state index in [1.54, 1.807) is 12.3 Å². The Balaban J connectivity index is 1.99. The van der Waals surface area contributed by atoms with Crippen LogP contribution in [0.1, 0.15) is 5.56 Å². The second-order valence-electron chi connectivity index (χ2n) is 4.07. The van der Waals surface area contributed by atoms with E-state index in [0.29, 0.717) is 18.4 Å². The molecule has 2 aromatic rings. The molecule has 1 heterocycles. The molecule has 1 aromatic carbocycles. The molecular weight excluding hydrogens is 247 g/mol. The van der Waals surface area contributed by atoms with Crippen molar-refractivity contribution in [2.75, 3.05) is 6.54 Å². The third-order valence-corrected chi connectivity index (χ3v) is 2.69. The van der Waals surface area contributed by atoms with Crippen LogP contribution in [-0.2, 0) is 6.42 Å². The van der Waals surface area contributed by atoms with Crippen LogP contribution in [0.25, 0.3) is 10.9 Å². The molecule has 100 valence electrons. The van der Waals surface area contributed by atoms with Crippen molar-refractivity contribution in [3.63, 3.8) is 0 Å². The van der Waals surface area contributed by atoms with Crippen molar-refractivity contribution < 1.29 is 4.39 Å². The molecule has 0 aliphatic carbocycles. The maximum absolute atomic E-state index is 13.7. The molecular formula is C12H15FN6. The molecule has 6 nitrogen and oxygen atoms in total. The van der Waals surface area contributed by atoms with Gasteiger partial charge in [0.05, 0.1) is 0 Å². The molecule has 1 aromatic heterocycles. The Hall–Kier alpha value is -2.57. The van der Waals surface area contributed by atoms with Crippen LogP contribution in [0.3, 0.4) is 0 Å². The molecule has 7 N–H and O–H groups in total. The van der Waals surface area contributed by atoms with Gasteiger partial charge in [0.15, 0.2) is 11.9 Å². The van der Waals surface area contributed by atoms with Crippen molar-refractivity contribution >= 4 is 22.8 Å². The first-order valence-electron chi connectivity index (χ1n) is 5.76. The minimum atomic E-state index is -0.296. The van der Waals surface area contributed by atoms with Gasteiger partial charge in [-0.2, -0.15) is 0 Å². The van der Waals surface area contributed by atoms with E-state index in [0.717, 1.165) is 11.1 Å². The quantitative estimate of drug-likeness (QED) is 0.364. The molecule has 2 rings (SSSR count). The molecule has 0 amide bonds. The first-order chi connectivity index (χ1) is 9.08. The lowest BCUT2D eigenvalue weighted by molar-refractivity contribution is 0.639. The van der Waals surface area contributed by atoms with Crippen LogP contribution in [-0.4, -0.2) is 23.4 Å². The van der Waals surface area contributed by atoms with E-state index in [4.69, 9.17) is 16.6 Å². The highest BCUT2D eigenvalue weighted by molar-refractivity contribution is 5.94. The van der Waals surface area contributed by atoms with Crippen LogP contribution in [0, 0.1) is 16.6 Å². The number of benzene rings is 1. The number of rotatable bonds is 3. The number of nitrogens with two attached hydrogens (primary N) is 1. The number of aromatic amines is 1. The Labute approximate surface area is 109 Å². The van der Waals surface area contributed by atoms with Gasteiger partial charge in [0.25, 0.3) is 0 Å². The Morgan fingerprint density at radius 2 is 2.16 bits per heavy atom. The number of nitrogens with one attached hydrogen (secondary N) is 5. The number of H-pyrrole nitrogens is 1. The van der Waals surface area contributed by atoms with Gasteiger partial charge in [0.2, 0.25) is 0 Å². The van der Waals surface area contributed by atoms with Gasteiger partial charge in [-0.25, -0.2) is 4.39 Å². The fraction of sp³-hybridized carbons (Fsp3) is 0.167. The van der Waals surface area contributed by atoms with Crippen LogP contribution in [0.4, 0.5) is 4.39 Å². The van der Waals surface area contributed by atoms with Gasteiger partial charge >= 0.3 is 0 Å². The lowest BCUT2D eigenvalue weighted by Gasteiger charge is -2.08. The Kier molecular flexibility index (Phi) is 3.65. The number of halogens is 1. The maximum atomic E-state index is 13.7. The molecule has 0 atom stereocenters. The lowest BCUT2D eigenvalue weighted by Crippen LogP contribution is -2.43. The zero-order valence-electron chi connectivity index (χ0n) is 10.2. The predicted molar refractivity (Wildman–Crippen MR) is 72.7 cm³/mol. The van der Waals surface area contributed by atoms with Crippen molar-refractivity contribution in [1.82, 2.24) is 15.6 Å². The summed E-state index contributed by atoms with van der Waals surface area (Å²) in [5, 5.41) is 20.0. The van der Waals surface area contributed by atoms with E-state index in [1.165, 1.54) is 6.07 Å². The minimum absolute atomic E-state index is 0.0483. The van der Waals surface area contributed by atoms with Crippen LogP contribution in [0.5, 0.6) is 0 Å². The molecule has 0 bridgehead atoms. The molecule has 0 spiro atoms. The fourth-order valence-electron chi connectivity index (χ4n) is 1.91. The van der Waals surface area contributed by atoms with E-state index < -0.39 is 0 Å². The molecule has 7 heteroatoms. The smallest absolute Gasteiger partial charge is 0.195 e. The first-order valence-corrected chi connectivity index (χ1v) is 5.76. The largest absolute Gasteiger partial charge is 0.370 e. The molecule has 0 saturated heterocycles. The van der Waals surface area contributed by atoms with E-state index in [-0.39, 0.29) is 17.7 Å². The zero-order valence-corrected chi connectivity index (χ0v) is 10.2. The standard InChI is InChI=1S/C12H15FN6/c13-8-2-1-3-9-10(8)7(6-18-9)4-5-17-12(16)19-11(14)15/h1-3,6,18H,4-5H2,(H6,14,15,16,17,19). The third-order valence-electron chi connectivity index (χ3n) is 2.69. The first kappa shape index (κ1) is 12.9. The molecule has 0 radical (unpaired) electrons. The summed E-state index contributed by atoms with van der Waals surface area (Å²) in [5.41, 5.74) is 6.69. The topological polar surface area (TPSA) is 114 Å². The summed E-state index contributed by atoms with van der Waals surface area (Å²) in [5.74, 6) is -0.603. The third kappa shape index (κ3) is 3.01. The molecule has 0 aliphatic rings. The van der Waals surface area contributed by atoms with E-state index >= 15 is 0 Å². The normalized spacial score (nSPS) is 10.4. The average molecular weight is 262 g/mol. The van der Waals surface area contributed by atoms with Gasteiger partial charge in [0.1, 0.15) is 5.82 Å². The van der Waals surface area contributed by atoms with Crippen LogP contribution < -0.4 is 16.4 Å². The van der Waals surface area contributed by atoms with Crippen LogP contribution >= 0.6 is 0 Å². The summed E-state index contributed by atoms with van der Waals surface area (Å²) in [6, 6.07) is 4.89. The molecule has 0 unspecified atom stereocenters. The number of aromatic nitrogens is 1. The predicted octanol–water partition coefficient (Wildman–Crippen LogP) is 0.857. The molecule has 19 heavy (non-hydrogen) atoms. The van der Waals surface area contributed by atoms with Gasteiger partial charge in [-0.3, -0.25) is 16.1 Å². The highest BCUT2D eigenvalue weighted by atomic mass is 19.1. The van der Waals surface area contributed by atoms with E-state index in [1.807, 2.05) is 6.07 Å². The van der Waals surface area contributed by atoms with Crippen molar-refractivity contribution in [2.24, 2.45) is 5.73 Å². The van der Waals surface area contributed by atoms with Crippen molar-refractivity contribution in [3.8, 4) is 0 Å². The fourth-order valence-corrected chi connectivity index (χ4v) is 1.91. The summed E-state index contributed by atoms with van der Waals surface area (Å²) in [4.78, 5) is 3.01. The van der Waals surface area contributed by atoms with Crippen molar-refractivity contribution in [2.45, 2.75) is 6.42 Å². The van der Waals surface area contributed by atoms with E-state index in [2.05, 4.69) is 15.6 Å². The zero-order chi connectivity index (χ0) is 13.8. The molecule has 0 aliphatic heterocycles. The Bertz CT molecular complexity index is 618. The summed E-state index contributed by atoms with van der Waals surface area (Å²) >= 11 is 0. The average Bonchev–Trinajstić information content (AvgIpc) is 2.73. The summed E-state index contributed by atoms with van der Waals surface area (Å²) in [7, 11) is 0. The number of guanidine groups is 2. The van der Waals surface area contributed by atoms with Crippen molar-refractivity contribution in [1.29, 1.82) is 10.8 Å². The maximum Gasteiger partial charge on any atom is 0.195 e. The lowest BCUT2D eigenvalue weighted by atomic mass is 10.1. The van der Waals surface area contributed by atoms with E-state index in [9.17, 15) is 4.39 Å². The van der Waals surface area contributed by atoms with Crippen LogP contribution in [0.15, 0.2) is 24.4 Å². The molecule has 0 saturated carbocycles. The highest BCUT2D eigenvalue weighted by Crippen LogP contribution is 2.21. The summed E-state index contributed by atoms with van der Waals surface area (Å²) < 4.78 is 13.7. The Morgan fingerprint density at radius 3 is 2.89 bits per heavy atom. The second-order valence-corrected chi connectivity index (χ2v) is 4.07. The van der Waals surface area contributed by atoms with Gasteiger partial charge in [-0.1, -0.05) is 6.07 Å². The van der Waals surface area contributed by atoms with Gasteiger partial charge < -0.3 is 16.0 Å². The summed E-state index contributed by atoms with van der Waals surface area (Å²) in [6.07, 6.45) is 2.32. The number of fused-ring (bicyclic) bond motifs is 1. The summed E-state index contributed by atoms with van der Waals surface area (Å²) in [6.45, 7) is 0.445. The number of hydrogen-bond acceptors (Lipinski definition) is 2. The second kappa shape index (κ2) is 5.38. The van der Waals surface area contributed by atoms with Crippen LogP contribution in [0.2, 0.25) is 0 Å². The SMILES string of the molecule is N=C(N)NC(=N)NCCc1c[nH]c2cccc(F)c12.